The van der Waals surface area contributed by atoms with Crippen LogP contribution in [0.5, 0.6) is 0 Å². The lowest BCUT2D eigenvalue weighted by molar-refractivity contribution is -0.130. The molecule has 3 heterocycles. The van der Waals surface area contributed by atoms with Gasteiger partial charge in [-0.05, 0) is 31.2 Å². The fourth-order valence-electron chi connectivity index (χ4n) is 2.69. The molecule has 0 spiro atoms. The highest BCUT2D eigenvalue weighted by atomic mass is 32.1. The molecule has 1 aliphatic rings. The Labute approximate surface area is 122 Å². The largest absolute Gasteiger partial charge is 0.346 e. The molecule has 106 valence electrons. The molecule has 1 aliphatic heterocycles. The van der Waals surface area contributed by atoms with E-state index in [0.29, 0.717) is 12.3 Å². The number of hydrogen-bond acceptors (Lipinski definition) is 3. The number of aromatic amines is 1. The Bertz CT molecular complexity index is 576. The number of nitrogens with one attached hydrogen (secondary N) is 1. The highest BCUT2D eigenvalue weighted by molar-refractivity contribution is 7.09. The van der Waals surface area contributed by atoms with Crippen molar-refractivity contribution in [2.24, 2.45) is 0 Å². The molecular weight excluding hydrogens is 270 g/mol. The van der Waals surface area contributed by atoms with Gasteiger partial charge in [-0.3, -0.25) is 4.79 Å². The Morgan fingerprint density at radius 1 is 1.60 bits per heavy atom. The smallest absolute Gasteiger partial charge is 0.222 e. The molecule has 2 aromatic heterocycles. The Morgan fingerprint density at radius 3 is 3.20 bits per heavy atom. The predicted octanol–water partition coefficient (Wildman–Crippen LogP) is 2.73. The Morgan fingerprint density at radius 2 is 2.50 bits per heavy atom. The van der Waals surface area contributed by atoms with Gasteiger partial charge in [-0.1, -0.05) is 6.07 Å². The Kier molecular flexibility index (Phi) is 3.87. The van der Waals surface area contributed by atoms with Crippen molar-refractivity contribution < 1.29 is 4.79 Å². The van der Waals surface area contributed by atoms with Crippen molar-refractivity contribution in [3.05, 3.63) is 40.1 Å². The molecule has 0 aromatic carbocycles. The van der Waals surface area contributed by atoms with Crippen LogP contribution < -0.4 is 0 Å². The van der Waals surface area contributed by atoms with Gasteiger partial charge in [-0.25, -0.2) is 4.98 Å². The second-order valence-corrected chi connectivity index (χ2v) is 6.39. The van der Waals surface area contributed by atoms with Gasteiger partial charge in [0.1, 0.15) is 5.82 Å². The van der Waals surface area contributed by atoms with Crippen molar-refractivity contribution in [2.45, 2.75) is 32.1 Å². The highest BCUT2D eigenvalue weighted by Gasteiger charge is 2.28. The van der Waals surface area contributed by atoms with Gasteiger partial charge in [0.25, 0.3) is 0 Å². The number of carbonyl (C=O) groups is 1. The van der Waals surface area contributed by atoms with E-state index in [1.165, 1.54) is 4.88 Å². The minimum absolute atomic E-state index is 0.268. The third kappa shape index (κ3) is 2.93. The Hall–Kier alpha value is -1.62. The minimum atomic E-state index is 0.268. The lowest BCUT2D eigenvalue weighted by Gasteiger charge is -2.15. The maximum Gasteiger partial charge on any atom is 0.222 e. The average Bonchev–Trinajstić information content (AvgIpc) is 3.16. The van der Waals surface area contributed by atoms with Gasteiger partial charge in [0.15, 0.2) is 0 Å². The summed E-state index contributed by atoms with van der Waals surface area (Å²) < 4.78 is 0. The molecular formula is C15H19N3OS. The molecule has 4 nitrogen and oxygen atoms in total. The molecule has 1 saturated heterocycles. The first-order valence-electron chi connectivity index (χ1n) is 7.04. The van der Waals surface area contributed by atoms with Crippen LogP contribution in [-0.2, 0) is 11.2 Å². The van der Waals surface area contributed by atoms with E-state index in [-0.39, 0.29) is 5.91 Å². The van der Waals surface area contributed by atoms with Gasteiger partial charge in [0.05, 0.1) is 0 Å². The number of likely N-dealkylation sites (tertiary alicyclic amines) is 1. The second kappa shape index (κ2) is 5.79. The van der Waals surface area contributed by atoms with Gasteiger partial charge in [-0.2, -0.15) is 0 Å². The fourth-order valence-corrected chi connectivity index (χ4v) is 3.40. The number of rotatable bonds is 4. The zero-order valence-corrected chi connectivity index (χ0v) is 12.4. The molecule has 3 rings (SSSR count). The number of thiophene rings is 1. The third-order valence-electron chi connectivity index (χ3n) is 3.82. The number of imidazole rings is 1. The molecule has 20 heavy (non-hydrogen) atoms. The molecule has 0 unspecified atom stereocenters. The zero-order chi connectivity index (χ0) is 13.9. The molecule has 1 amide bonds. The predicted molar refractivity (Wildman–Crippen MR) is 79.9 cm³/mol. The number of aryl methyl sites for hydroxylation is 2. The van der Waals surface area contributed by atoms with E-state index in [4.69, 9.17) is 0 Å². The summed E-state index contributed by atoms with van der Waals surface area (Å²) >= 11 is 1.72. The lowest BCUT2D eigenvalue weighted by Crippen LogP contribution is -2.28. The van der Waals surface area contributed by atoms with Crippen LogP contribution in [0, 0.1) is 6.92 Å². The third-order valence-corrected chi connectivity index (χ3v) is 4.75. The van der Waals surface area contributed by atoms with Crippen LogP contribution in [0.25, 0.3) is 0 Å². The summed E-state index contributed by atoms with van der Waals surface area (Å²) in [6.45, 7) is 3.67. The van der Waals surface area contributed by atoms with Gasteiger partial charge < -0.3 is 9.88 Å². The van der Waals surface area contributed by atoms with Gasteiger partial charge in [-0.15, -0.1) is 11.3 Å². The van der Waals surface area contributed by atoms with Crippen molar-refractivity contribution in [1.82, 2.24) is 14.9 Å². The summed E-state index contributed by atoms with van der Waals surface area (Å²) in [5, 5.41) is 2.06. The molecule has 0 radical (unpaired) electrons. The Balaban J connectivity index is 1.53. The van der Waals surface area contributed by atoms with Crippen LogP contribution in [0.1, 0.15) is 35.2 Å². The fraction of sp³-hybridized carbons (Fsp3) is 0.467. The quantitative estimate of drug-likeness (QED) is 0.941. The average molecular weight is 289 g/mol. The maximum absolute atomic E-state index is 12.2. The minimum Gasteiger partial charge on any atom is -0.346 e. The molecule has 0 bridgehead atoms. The first kappa shape index (κ1) is 13.4. The lowest BCUT2D eigenvalue weighted by atomic mass is 10.1. The van der Waals surface area contributed by atoms with Crippen LogP contribution in [0.3, 0.4) is 0 Å². The summed E-state index contributed by atoms with van der Waals surface area (Å²) in [4.78, 5) is 23.2. The van der Waals surface area contributed by atoms with E-state index < -0.39 is 0 Å². The van der Waals surface area contributed by atoms with Gasteiger partial charge in [0, 0.05) is 42.2 Å². The zero-order valence-electron chi connectivity index (χ0n) is 11.6. The number of amides is 1. The van der Waals surface area contributed by atoms with E-state index in [2.05, 4.69) is 21.4 Å². The van der Waals surface area contributed by atoms with E-state index in [0.717, 1.165) is 37.4 Å². The summed E-state index contributed by atoms with van der Waals surface area (Å²) in [7, 11) is 0. The molecule has 1 N–H and O–H groups in total. The van der Waals surface area contributed by atoms with Crippen LogP contribution in [0.2, 0.25) is 0 Å². The first-order chi connectivity index (χ1) is 9.72. The van der Waals surface area contributed by atoms with E-state index in [1.54, 1.807) is 11.3 Å². The van der Waals surface area contributed by atoms with E-state index in [9.17, 15) is 4.79 Å². The number of nitrogens with zero attached hydrogens (tertiary/aromatic N) is 2. The summed E-state index contributed by atoms with van der Waals surface area (Å²) in [6.07, 6.45) is 4.34. The molecule has 0 saturated carbocycles. The maximum atomic E-state index is 12.2. The number of aromatic nitrogens is 2. The summed E-state index contributed by atoms with van der Waals surface area (Å²) in [6, 6.07) is 4.13. The van der Waals surface area contributed by atoms with Crippen molar-refractivity contribution in [2.75, 3.05) is 13.1 Å². The van der Waals surface area contributed by atoms with Crippen LogP contribution in [-0.4, -0.2) is 33.9 Å². The first-order valence-corrected chi connectivity index (χ1v) is 7.92. The van der Waals surface area contributed by atoms with Crippen molar-refractivity contribution in [3.63, 3.8) is 0 Å². The topological polar surface area (TPSA) is 49.0 Å². The van der Waals surface area contributed by atoms with Crippen molar-refractivity contribution >= 4 is 17.2 Å². The molecule has 0 aliphatic carbocycles. The summed E-state index contributed by atoms with van der Waals surface area (Å²) in [5.74, 6) is 1.66. The second-order valence-electron chi connectivity index (χ2n) is 5.36. The van der Waals surface area contributed by atoms with Gasteiger partial charge in [0.2, 0.25) is 5.91 Å². The number of H-pyrrole nitrogens is 1. The SMILES string of the molecule is Cc1cnc([C@H]2CCN(C(=O)CCc3cccs3)C2)[nH]1. The summed E-state index contributed by atoms with van der Waals surface area (Å²) in [5.41, 5.74) is 1.09. The standard InChI is InChI=1S/C15H19N3OS/c1-11-9-16-15(17-11)12-6-7-18(10-12)14(19)5-4-13-3-2-8-20-13/h2-3,8-9,12H,4-7,10H2,1H3,(H,16,17)/t12-/m0/s1. The molecule has 2 aromatic rings. The van der Waals surface area contributed by atoms with Crippen LogP contribution in [0.15, 0.2) is 23.7 Å². The highest BCUT2D eigenvalue weighted by Crippen LogP contribution is 2.25. The molecule has 5 heteroatoms. The molecule has 1 fully saturated rings. The molecule has 1 atom stereocenters. The van der Waals surface area contributed by atoms with Crippen molar-refractivity contribution in [1.29, 1.82) is 0 Å². The van der Waals surface area contributed by atoms with Crippen molar-refractivity contribution in [3.8, 4) is 0 Å². The monoisotopic (exact) mass is 289 g/mol. The normalized spacial score (nSPS) is 18.6. The van der Waals surface area contributed by atoms with E-state index in [1.807, 2.05) is 24.1 Å². The number of carbonyl (C=O) groups excluding carboxylic acids is 1. The van der Waals surface area contributed by atoms with Crippen LogP contribution in [0.4, 0.5) is 0 Å². The van der Waals surface area contributed by atoms with E-state index >= 15 is 0 Å². The number of hydrogen-bond donors (Lipinski definition) is 1. The van der Waals surface area contributed by atoms with Crippen LogP contribution >= 0.6 is 11.3 Å². The van der Waals surface area contributed by atoms with Gasteiger partial charge >= 0.3 is 0 Å².